The van der Waals surface area contributed by atoms with Crippen LogP contribution in [0.3, 0.4) is 0 Å². The van der Waals surface area contributed by atoms with Gasteiger partial charge in [0.25, 0.3) is 0 Å². The molecule has 0 saturated carbocycles. The van der Waals surface area contributed by atoms with E-state index in [2.05, 4.69) is 0 Å². The first kappa shape index (κ1) is 9.52. The molecule has 0 aliphatic heterocycles. The third-order valence-electron chi connectivity index (χ3n) is 2.36. The minimum Gasteiger partial charge on any atom is -0.507 e. The molecule has 0 spiro atoms. The highest BCUT2D eigenvalue weighted by Crippen LogP contribution is 2.34. The molecular formula is C12H10O3. The summed E-state index contributed by atoms with van der Waals surface area (Å²) < 4.78 is 5.13. The molecule has 0 bridgehead atoms. The second-order valence-corrected chi connectivity index (χ2v) is 3.17. The van der Waals surface area contributed by atoms with Crippen LogP contribution in [0.15, 0.2) is 30.3 Å². The number of fused-ring (bicyclic) bond motifs is 1. The van der Waals surface area contributed by atoms with Crippen LogP contribution in [0.25, 0.3) is 10.8 Å². The molecule has 0 aliphatic rings. The van der Waals surface area contributed by atoms with Crippen LogP contribution in [-0.2, 0) is 0 Å². The smallest absolute Gasteiger partial charge is 0.150 e. The van der Waals surface area contributed by atoms with Gasteiger partial charge < -0.3 is 9.84 Å². The largest absolute Gasteiger partial charge is 0.507 e. The van der Waals surface area contributed by atoms with Gasteiger partial charge in [0.1, 0.15) is 11.5 Å². The van der Waals surface area contributed by atoms with Crippen molar-refractivity contribution in [2.24, 2.45) is 0 Å². The van der Waals surface area contributed by atoms with Gasteiger partial charge in [-0.1, -0.05) is 12.1 Å². The van der Waals surface area contributed by atoms with E-state index >= 15 is 0 Å². The molecule has 2 aromatic rings. The predicted molar refractivity (Wildman–Crippen MR) is 57.6 cm³/mol. The lowest BCUT2D eigenvalue weighted by Crippen LogP contribution is -1.88. The SMILES string of the molecule is COc1cccc2c(C=O)ccc(O)c12. The fourth-order valence-corrected chi connectivity index (χ4v) is 1.65. The Balaban J connectivity index is 2.92. The normalized spacial score (nSPS) is 10.2. The number of carbonyl (C=O) groups excluding carboxylic acids is 1. The number of phenolic OH excluding ortho intramolecular Hbond substituents is 1. The van der Waals surface area contributed by atoms with Crippen molar-refractivity contribution >= 4 is 17.1 Å². The zero-order valence-corrected chi connectivity index (χ0v) is 8.23. The lowest BCUT2D eigenvalue weighted by molar-refractivity contribution is 0.112. The maximum absolute atomic E-state index is 10.8. The Morgan fingerprint density at radius 2 is 2.07 bits per heavy atom. The van der Waals surface area contributed by atoms with Crippen molar-refractivity contribution in [2.75, 3.05) is 7.11 Å². The predicted octanol–water partition coefficient (Wildman–Crippen LogP) is 2.37. The second-order valence-electron chi connectivity index (χ2n) is 3.17. The molecule has 0 saturated heterocycles. The van der Waals surface area contributed by atoms with E-state index in [0.717, 1.165) is 6.29 Å². The number of methoxy groups -OCH3 is 1. The molecule has 0 aliphatic carbocycles. The Morgan fingerprint density at radius 3 is 2.73 bits per heavy atom. The van der Waals surface area contributed by atoms with E-state index in [1.165, 1.54) is 13.2 Å². The highest BCUT2D eigenvalue weighted by atomic mass is 16.5. The first-order chi connectivity index (χ1) is 7.27. The molecule has 3 nitrogen and oxygen atoms in total. The molecule has 0 heterocycles. The van der Waals surface area contributed by atoms with Crippen LogP contribution >= 0.6 is 0 Å². The van der Waals surface area contributed by atoms with Crippen LogP contribution in [0, 0.1) is 0 Å². The molecule has 2 rings (SSSR count). The molecule has 1 N–H and O–H groups in total. The number of aromatic hydroxyl groups is 1. The average Bonchev–Trinajstić information content (AvgIpc) is 2.29. The number of rotatable bonds is 2. The first-order valence-electron chi connectivity index (χ1n) is 4.52. The highest BCUT2D eigenvalue weighted by Gasteiger charge is 2.08. The maximum Gasteiger partial charge on any atom is 0.150 e. The Morgan fingerprint density at radius 1 is 1.27 bits per heavy atom. The number of aldehydes is 1. The van der Waals surface area contributed by atoms with E-state index in [1.54, 1.807) is 24.3 Å². The number of carbonyl (C=O) groups is 1. The van der Waals surface area contributed by atoms with Crippen LogP contribution in [0.1, 0.15) is 10.4 Å². The van der Waals surface area contributed by atoms with Gasteiger partial charge in [-0.15, -0.1) is 0 Å². The topological polar surface area (TPSA) is 46.5 Å². The molecule has 3 heteroatoms. The van der Waals surface area contributed by atoms with E-state index in [-0.39, 0.29) is 5.75 Å². The Hall–Kier alpha value is -2.03. The molecule has 0 fully saturated rings. The van der Waals surface area contributed by atoms with Crippen molar-refractivity contribution in [1.29, 1.82) is 0 Å². The summed E-state index contributed by atoms with van der Waals surface area (Å²) in [6.45, 7) is 0. The van der Waals surface area contributed by atoms with Crippen LogP contribution in [-0.4, -0.2) is 18.5 Å². The highest BCUT2D eigenvalue weighted by molar-refractivity contribution is 6.03. The molecule has 76 valence electrons. The summed E-state index contributed by atoms with van der Waals surface area (Å²) in [5.74, 6) is 0.682. The maximum atomic E-state index is 10.8. The van der Waals surface area contributed by atoms with Gasteiger partial charge in [0.2, 0.25) is 0 Å². The van der Waals surface area contributed by atoms with E-state index in [4.69, 9.17) is 4.74 Å². The Labute approximate surface area is 86.9 Å². The minimum absolute atomic E-state index is 0.119. The number of hydrogen-bond acceptors (Lipinski definition) is 3. The summed E-state index contributed by atoms with van der Waals surface area (Å²) in [5.41, 5.74) is 0.543. The first-order valence-corrected chi connectivity index (χ1v) is 4.52. The van der Waals surface area contributed by atoms with Crippen molar-refractivity contribution in [3.63, 3.8) is 0 Å². The average molecular weight is 202 g/mol. The van der Waals surface area contributed by atoms with Gasteiger partial charge in [-0.3, -0.25) is 4.79 Å². The van der Waals surface area contributed by atoms with Gasteiger partial charge in [-0.25, -0.2) is 0 Å². The third kappa shape index (κ3) is 1.42. The number of ether oxygens (including phenoxy) is 1. The number of hydrogen-bond donors (Lipinski definition) is 1. The van der Waals surface area contributed by atoms with Crippen LogP contribution < -0.4 is 4.74 Å². The lowest BCUT2D eigenvalue weighted by atomic mass is 10.0. The summed E-state index contributed by atoms with van der Waals surface area (Å²) in [6.07, 6.45) is 0.765. The summed E-state index contributed by atoms with van der Waals surface area (Å²) in [7, 11) is 1.53. The fraction of sp³-hybridized carbons (Fsp3) is 0.0833. The summed E-state index contributed by atoms with van der Waals surface area (Å²) in [6, 6.07) is 8.39. The molecule has 0 unspecified atom stereocenters. The molecule has 2 aromatic carbocycles. The zero-order valence-electron chi connectivity index (χ0n) is 8.23. The molecular weight excluding hydrogens is 192 g/mol. The fourth-order valence-electron chi connectivity index (χ4n) is 1.65. The third-order valence-corrected chi connectivity index (χ3v) is 2.36. The number of benzene rings is 2. The van der Waals surface area contributed by atoms with Gasteiger partial charge in [-0.05, 0) is 23.6 Å². The van der Waals surface area contributed by atoms with Gasteiger partial charge in [0.05, 0.1) is 12.5 Å². The lowest BCUT2D eigenvalue weighted by Gasteiger charge is -2.08. The minimum atomic E-state index is 0.119. The van der Waals surface area contributed by atoms with Crippen molar-refractivity contribution < 1.29 is 14.6 Å². The monoisotopic (exact) mass is 202 g/mol. The van der Waals surface area contributed by atoms with Crippen molar-refractivity contribution in [3.05, 3.63) is 35.9 Å². The van der Waals surface area contributed by atoms with Crippen molar-refractivity contribution in [3.8, 4) is 11.5 Å². The molecule has 0 radical (unpaired) electrons. The van der Waals surface area contributed by atoms with Gasteiger partial charge in [-0.2, -0.15) is 0 Å². The molecule has 0 aromatic heterocycles. The quantitative estimate of drug-likeness (QED) is 0.760. The Bertz CT molecular complexity index is 518. The van der Waals surface area contributed by atoms with Gasteiger partial charge in [0.15, 0.2) is 6.29 Å². The standard InChI is InChI=1S/C12H10O3/c1-15-11-4-2-3-9-8(7-13)5-6-10(14)12(9)11/h2-7,14H,1H3. The summed E-state index contributed by atoms with van der Waals surface area (Å²) in [5, 5.41) is 11.0. The van der Waals surface area contributed by atoms with Crippen molar-refractivity contribution in [2.45, 2.75) is 0 Å². The zero-order chi connectivity index (χ0) is 10.8. The van der Waals surface area contributed by atoms with E-state index in [9.17, 15) is 9.90 Å². The van der Waals surface area contributed by atoms with Gasteiger partial charge >= 0.3 is 0 Å². The Kier molecular flexibility index (Phi) is 2.29. The summed E-state index contributed by atoms with van der Waals surface area (Å²) in [4.78, 5) is 10.8. The molecule has 0 amide bonds. The van der Waals surface area contributed by atoms with E-state index < -0.39 is 0 Å². The van der Waals surface area contributed by atoms with Crippen LogP contribution in [0.4, 0.5) is 0 Å². The number of phenols is 1. The van der Waals surface area contributed by atoms with E-state index in [1.807, 2.05) is 0 Å². The molecule has 0 atom stereocenters. The van der Waals surface area contributed by atoms with Crippen LogP contribution in [0.2, 0.25) is 0 Å². The van der Waals surface area contributed by atoms with Crippen LogP contribution in [0.5, 0.6) is 11.5 Å². The summed E-state index contributed by atoms with van der Waals surface area (Å²) >= 11 is 0. The second kappa shape index (κ2) is 3.61. The van der Waals surface area contributed by atoms with Crippen molar-refractivity contribution in [1.82, 2.24) is 0 Å². The van der Waals surface area contributed by atoms with E-state index in [0.29, 0.717) is 22.1 Å². The molecule has 15 heavy (non-hydrogen) atoms. The van der Waals surface area contributed by atoms with Gasteiger partial charge in [0, 0.05) is 5.56 Å².